The van der Waals surface area contributed by atoms with Crippen molar-refractivity contribution in [3.05, 3.63) is 23.8 Å². The number of nitrogens with zero attached hydrogens (tertiary/aromatic N) is 1. The summed E-state index contributed by atoms with van der Waals surface area (Å²) in [5.74, 6) is 0.414. The number of nitrogens with one attached hydrogen (secondary N) is 1. The second kappa shape index (κ2) is 5.36. The Morgan fingerprint density at radius 1 is 1.38 bits per heavy atom. The van der Waals surface area contributed by atoms with Crippen molar-refractivity contribution >= 4 is 34.1 Å². The molecule has 1 saturated carbocycles. The molecule has 0 unspecified atom stereocenters. The first-order valence-electron chi connectivity index (χ1n) is 6.32. The summed E-state index contributed by atoms with van der Waals surface area (Å²) in [6, 6.07) is 5.03. The predicted octanol–water partition coefficient (Wildman–Crippen LogP) is 0.744. The Kier molecular flexibility index (Phi) is 4.05. The van der Waals surface area contributed by atoms with E-state index in [1.165, 1.54) is 0 Å². The quantitative estimate of drug-likeness (QED) is 0.754. The predicted molar refractivity (Wildman–Crippen MR) is 83.2 cm³/mol. The maximum atomic E-state index is 11.5. The SMILES string of the molecule is Cl.NC1=NS(=O)(=O)Nc2cccc(OCC3(N)CCC3)c21. The minimum Gasteiger partial charge on any atom is -0.491 e. The summed E-state index contributed by atoms with van der Waals surface area (Å²) in [5.41, 5.74) is 12.4. The molecule has 1 aliphatic carbocycles. The van der Waals surface area contributed by atoms with Gasteiger partial charge in [0.05, 0.1) is 16.8 Å². The van der Waals surface area contributed by atoms with Gasteiger partial charge in [0, 0.05) is 0 Å². The topological polar surface area (TPSA) is 120 Å². The molecule has 0 radical (unpaired) electrons. The molecular weight excluding hydrogens is 316 g/mol. The van der Waals surface area contributed by atoms with Crippen molar-refractivity contribution in [3.8, 4) is 5.75 Å². The van der Waals surface area contributed by atoms with Gasteiger partial charge in [-0.1, -0.05) is 6.07 Å². The molecule has 0 bridgehead atoms. The van der Waals surface area contributed by atoms with Crippen LogP contribution >= 0.6 is 12.4 Å². The van der Waals surface area contributed by atoms with Gasteiger partial charge in [-0.3, -0.25) is 4.72 Å². The van der Waals surface area contributed by atoms with Gasteiger partial charge in [-0.05, 0) is 31.4 Å². The summed E-state index contributed by atoms with van der Waals surface area (Å²) in [6.45, 7) is 0.378. The van der Waals surface area contributed by atoms with Crippen molar-refractivity contribution in [2.45, 2.75) is 24.8 Å². The Labute approximate surface area is 129 Å². The summed E-state index contributed by atoms with van der Waals surface area (Å²) in [4.78, 5) is 0. The highest BCUT2D eigenvalue weighted by Crippen LogP contribution is 2.33. The summed E-state index contributed by atoms with van der Waals surface area (Å²) in [7, 11) is -3.77. The second-order valence-corrected chi connectivity index (χ2v) is 6.57. The van der Waals surface area contributed by atoms with Gasteiger partial charge in [0.2, 0.25) is 0 Å². The molecule has 116 valence electrons. The number of anilines is 1. The third-order valence-corrected chi connectivity index (χ3v) is 4.52. The van der Waals surface area contributed by atoms with Crippen LogP contribution in [0.15, 0.2) is 22.6 Å². The second-order valence-electron chi connectivity index (χ2n) is 5.24. The van der Waals surface area contributed by atoms with Crippen molar-refractivity contribution in [3.63, 3.8) is 0 Å². The van der Waals surface area contributed by atoms with E-state index in [4.69, 9.17) is 16.2 Å². The van der Waals surface area contributed by atoms with Crippen LogP contribution < -0.4 is 20.9 Å². The van der Waals surface area contributed by atoms with Crippen LogP contribution in [0.5, 0.6) is 5.75 Å². The van der Waals surface area contributed by atoms with E-state index in [1.807, 2.05) is 0 Å². The van der Waals surface area contributed by atoms with E-state index in [9.17, 15) is 8.42 Å². The van der Waals surface area contributed by atoms with Crippen molar-refractivity contribution < 1.29 is 13.2 Å². The van der Waals surface area contributed by atoms with Crippen molar-refractivity contribution in [2.75, 3.05) is 11.3 Å². The first kappa shape index (κ1) is 15.9. The van der Waals surface area contributed by atoms with Crippen molar-refractivity contribution in [2.24, 2.45) is 15.9 Å². The average Bonchev–Trinajstić information content (AvgIpc) is 2.32. The highest BCUT2D eigenvalue weighted by atomic mass is 35.5. The molecule has 7 nitrogen and oxygen atoms in total. The molecule has 2 aliphatic rings. The standard InChI is InChI=1S/C12H16N4O3S.ClH/c13-11-10-8(15-20(17,18)16-11)3-1-4-9(10)19-7-12(14)5-2-6-12;/h1,3-4,15H,2,5-7,14H2,(H2,13,16);1H. The van der Waals surface area contributed by atoms with Gasteiger partial charge < -0.3 is 16.2 Å². The van der Waals surface area contributed by atoms with E-state index in [0.29, 0.717) is 23.6 Å². The van der Waals surface area contributed by atoms with E-state index in [-0.39, 0.29) is 23.8 Å². The number of ether oxygens (including phenoxy) is 1. The molecule has 1 fully saturated rings. The molecule has 1 heterocycles. The van der Waals surface area contributed by atoms with Crippen LogP contribution in [-0.4, -0.2) is 26.4 Å². The molecule has 0 atom stereocenters. The first-order chi connectivity index (χ1) is 9.39. The highest BCUT2D eigenvalue weighted by Gasteiger charge is 2.34. The Morgan fingerprint density at radius 2 is 2.10 bits per heavy atom. The number of hydrogen-bond acceptors (Lipinski definition) is 5. The molecule has 0 aromatic heterocycles. The van der Waals surface area contributed by atoms with Gasteiger partial charge in [0.25, 0.3) is 0 Å². The Balaban J connectivity index is 0.00000161. The maximum absolute atomic E-state index is 11.5. The molecule has 0 spiro atoms. The number of fused-ring (bicyclic) bond motifs is 1. The molecule has 3 rings (SSSR count). The lowest BCUT2D eigenvalue weighted by Crippen LogP contribution is -2.51. The van der Waals surface area contributed by atoms with E-state index >= 15 is 0 Å². The normalized spacial score (nSPS) is 20.9. The molecule has 0 amide bonds. The molecule has 21 heavy (non-hydrogen) atoms. The van der Waals surface area contributed by atoms with Crippen LogP contribution in [0.2, 0.25) is 0 Å². The van der Waals surface area contributed by atoms with Crippen LogP contribution in [0.1, 0.15) is 24.8 Å². The zero-order valence-corrected chi connectivity index (χ0v) is 12.8. The maximum Gasteiger partial charge on any atom is 0.344 e. The van der Waals surface area contributed by atoms with Crippen LogP contribution in [0.3, 0.4) is 0 Å². The number of halogens is 1. The molecule has 1 aromatic carbocycles. The molecule has 5 N–H and O–H groups in total. The van der Waals surface area contributed by atoms with Crippen LogP contribution in [0, 0.1) is 0 Å². The fourth-order valence-corrected chi connectivity index (χ4v) is 3.18. The third kappa shape index (κ3) is 3.07. The minimum atomic E-state index is -3.77. The number of benzene rings is 1. The van der Waals surface area contributed by atoms with Gasteiger partial charge in [0.15, 0.2) is 5.84 Å². The number of nitrogens with two attached hydrogens (primary N) is 2. The zero-order chi connectivity index (χ0) is 14.4. The Hall–Kier alpha value is -1.51. The molecular formula is C12H17ClN4O3S. The lowest BCUT2D eigenvalue weighted by Gasteiger charge is -2.37. The fourth-order valence-electron chi connectivity index (χ4n) is 2.33. The minimum absolute atomic E-state index is 0. The largest absolute Gasteiger partial charge is 0.491 e. The number of amidine groups is 1. The first-order valence-corrected chi connectivity index (χ1v) is 7.76. The average molecular weight is 333 g/mol. The van der Waals surface area contributed by atoms with Crippen LogP contribution in [-0.2, 0) is 10.2 Å². The monoisotopic (exact) mass is 332 g/mol. The van der Waals surface area contributed by atoms with Gasteiger partial charge in [-0.2, -0.15) is 8.42 Å². The van der Waals surface area contributed by atoms with Crippen LogP contribution in [0.4, 0.5) is 5.69 Å². The number of hydrogen-bond donors (Lipinski definition) is 3. The molecule has 1 aliphatic heterocycles. The van der Waals surface area contributed by atoms with Crippen molar-refractivity contribution in [1.29, 1.82) is 0 Å². The zero-order valence-electron chi connectivity index (χ0n) is 11.2. The van der Waals surface area contributed by atoms with Crippen LogP contribution in [0.25, 0.3) is 0 Å². The lowest BCUT2D eigenvalue weighted by atomic mass is 9.78. The van der Waals surface area contributed by atoms with E-state index < -0.39 is 10.2 Å². The third-order valence-electron chi connectivity index (χ3n) is 3.60. The van der Waals surface area contributed by atoms with E-state index in [0.717, 1.165) is 19.3 Å². The highest BCUT2D eigenvalue weighted by molar-refractivity contribution is 7.91. The molecule has 9 heteroatoms. The summed E-state index contributed by atoms with van der Waals surface area (Å²) in [6.07, 6.45) is 2.96. The summed E-state index contributed by atoms with van der Waals surface area (Å²) in [5, 5.41) is 0. The van der Waals surface area contributed by atoms with Gasteiger partial charge in [-0.15, -0.1) is 16.8 Å². The molecule has 0 saturated heterocycles. The molecule has 1 aromatic rings. The van der Waals surface area contributed by atoms with Gasteiger partial charge >= 0.3 is 10.2 Å². The smallest absolute Gasteiger partial charge is 0.344 e. The van der Waals surface area contributed by atoms with E-state index in [1.54, 1.807) is 18.2 Å². The van der Waals surface area contributed by atoms with Gasteiger partial charge in [0.1, 0.15) is 12.4 Å². The van der Waals surface area contributed by atoms with E-state index in [2.05, 4.69) is 9.12 Å². The Bertz CT molecular complexity index is 686. The summed E-state index contributed by atoms with van der Waals surface area (Å²) >= 11 is 0. The lowest BCUT2D eigenvalue weighted by molar-refractivity contribution is 0.142. The fraction of sp³-hybridized carbons (Fsp3) is 0.417. The number of rotatable bonds is 3. The summed E-state index contributed by atoms with van der Waals surface area (Å²) < 4.78 is 34.4. The van der Waals surface area contributed by atoms with Gasteiger partial charge in [-0.25, -0.2) is 0 Å². The Morgan fingerprint density at radius 3 is 2.71 bits per heavy atom. The van der Waals surface area contributed by atoms with Crippen molar-refractivity contribution in [1.82, 2.24) is 0 Å².